The molecular formula is C27H34N4. The summed E-state index contributed by atoms with van der Waals surface area (Å²) in [6.45, 7) is 7.95. The zero-order valence-electron chi connectivity index (χ0n) is 19.1. The monoisotopic (exact) mass is 414 g/mol. The van der Waals surface area contributed by atoms with Crippen molar-refractivity contribution >= 4 is 21.9 Å². The van der Waals surface area contributed by atoms with Crippen LogP contribution in [0, 0.1) is 19.8 Å². The van der Waals surface area contributed by atoms with Crippen LogP contribution in [-0.4, -0.2) is 39.6 Å². The Morgan fingerprint density at radius 3 is 2.71 bits per heavy atom. The number of unbranched alkanes of at least 4 members (excludes halogenated alkanes) is 1. The first-order chi connectivity index (χ1) is 15.1. The van der Waals surface area contributed by atoms with Crippen LogP contribution in [0.5, 0.6) is 0 Å². The van der Waals surface area contributed by atoms with Gasteiger partial charge in [0.1, 0.15) is 5.82 Å². The Bertz CT molecular complexity index is 1190. The number of aromatic amines is 1. The lowest BCUT2D eigenvalue weighted by atomic mass is 9.92. The fraction of sp³-hybridized carbons (Fsp3) is 0.444. The minimum absolute atomic E-state index is 0.935. The minimum atomic E-state index is 0.935. The predicted octanol–water partition coefficient (Wildman–Crippen LogP) is 6.31. The van der Waals surface area contributed by atoms with Crippen molar-refractivity contribution in [3.63, 3.8) is 0 Å². The highest BCUT2D eigenvalue weighted by Gasteiger charge is 2.16. The number of imidazole rings is 1. The van der Waals surface area contributed by atoms with Gasteiger partial charge in [-0.15, -0.1) is 0 Å². The second-order valence-corrected chi connectivity index (χ2v) is 9.48. The Labute approximate surface area is 185 Å². The van der Waals surface area contributed by atoms with Gasteiger partial charge in [-0.05, 0) is 88.5 Å². The van der Waals surface area contributed by atoms with Gasteiger partial charge in [0.2, 0.25) is 0 Å². The lowest BCUT2D eigenvalue weighted by molar-refractivity contribution is 0.209. The largest absolute Gasteiger partial charge is 0.347 e. The van der Waals surface area contributed by atoms with Crippen molar-refractivity contribution in [3.8, 4) is 11.4 Å². The Balaban J connectivity index is 1.32. The summed E-state index contributed by atoms with van der Waals surface area (Å²) in [7, 11) is 2.25. The molecule has 4 heteroatoms. The molecule has 1 aliphatic heterocycles. The molecule has 1 aliphatic rings. The molecule has 162 valence electrons. The highest BCUT2D eigenvalue weighted by Crippen LogP contribution is 2.31. The molecule has 0 saturated carbocycles. The van der Waals surface area contributed by atoms with Gasteiger partial charge in [0.05, 0.1) is 11.0 Å². The summed E-state index contributed by atoms with van der Waals surface area (Å²) < 4.78 is 2.42. The third kappa shape index (κ3) is 4.01. The smallest absolute Gasteiger partial charge is 0.139 e. The number of hydrogen-bond acceptors (Lipinski definition) is 2. The van der Waals surface area contributed by atoms with Gasteiger partial charge in [0.25, 0.3) is 0 Å². The zero-order valence-corrected chi connectivity index (χ0v) is 19.1. The molecule has 3 heterocycles. The third-order valence-corrected chi connectivity index (χ3v) is 7.35. The van der Waals surface area contributed by atoms with E-state index in [1.807, 2.05) is 0 Å². The van der Waals surface area contributed by atoms with Crippen molar-refractivity contribution < 1.29 is 0 Å². The molecule has 0 radical (unpaired) electrons. The number of nitrogens with zero attached hydrogens (tertiary/aromatic N) is 3. The second kappa shape index (κ2) is 8.51. The van der Waals surface area contributed by atoms with Gasteiger partial charge in [0, 0.05) is 29.2 Å². The quantitative estimate of drug-likeness (QED) is 0.375. The zero-order chi connectivity index (χ0) is 21.4. The van der Waals surface area contributed by atoms with Gasteiger partial charge in [-0.3, -0.25) is 0 Å². The van der Waals surface area contributed by atoms with Gasteiger partial charge in [0.15, 0.2) is 0 Å². The van der Waals surface area contributed by atoms with Crippen molar-refractivity contribution in [2.75, 3.05) is 20.1 Å². The Hall–Kier alpha value is -2.59. The molecule has 31 heavy (non-hydrogen) atoms. The number of aryl methyl sites for hydroxylation is 3. The first-order valence-electron chi connectivity index (χ1n) is 11.8. The maximum atomic E-state index is 4.97. The van der Waals surface area contributed by atoms with E-state index in [-0.39, 0.29) is 0 Å². The highest BCUT2D eigenvalue weighted by atomic mass is 15.1. The van der Waals surface area contributed by atoms with Crippen LogP contribution in [-0.2, 0) is 6.54 Å². The first-order valence-corrected chi connectivity index (χ1v) is 11.8. The Morgan fingerprint density at radius 1 is 1.03 bits per heavy atom. The van der Waals surface area contributed by atoms with E-state index < -0.39 is 0 Å². The summed E-state index contributed by atoms with van der Waals surface area (Å²) in [5, 5.41) is 1.28. The number of hydrogen-bond donors (Lipinski definition) is 1. The van der Waals surface area contributed by atoms with E-state index in [0.717, 1.165) is 29.3 Å². The fourth-order valence-electron chi connectivity index (χ4n) is 5.13. The van der Waals surface area contributed by atoms with Crippen LogP contribution < -0.4 is 0 Å². The molecule has 1 fully saturated rings. The normalized spacial score (nSPS) is 16.0. The maximum absolute atomic E-state index is 4.97. The fourth-order valence-corrected chi connectivity index (χ4v) is 5.13. The van der Waals surface area contributed by atoms with E-state index in [1.54, 1.807) is 0 Å². The topological polar surface area (TPSA) is 36.9 Å². The Morgan fingerprint density at radius 2 is 1.87 bits per heavy atom. The van der Waals surface area contributed by atoms with E-state index in [4.69, 9.17) is 4.98 Å². The van der Waals surface area contributed by atoms with Crippen molar-refractivity contribution in [3.05, 3.63) is 53.7 Å². The van der Waals surface area contributed by atoms with Crippen molar-refractivity contribution in [2.45, 2.75) is 52.5 Å². The summed E-state index contributed by atoms with van der Waals surface area (Å²) in [6, 6.07) is 13.2. The number of piperidine rings is 1. The molecule has 4 nitrogen and oxygen atoms in total. The van der Waals surface area contributed by atoms with Crippen LogP contribution in [0.3, 0.4) is 0 Å². The lowest BCUT2D eigenvalue weighted by Gasteiger charge is -2.28. The van der Waals surface area contributed by atoms with Crippen LogP contribution in [0.25, 0.3) is 33.3 Å². The van der Waals surface area contributed by atoms with E-state index in [9.17, 15) is 0 Å². The van der Waals surface area contributed by atoms with E-state index in [2.05, 4.69) is 77.9 Å². The van der Waals surface area contributed by atoms with Crippen molar-refractivity contribution in [1.82, 2.24) is 19.4 Å². The minimum Gasteiger partial charge on any atom is -0.347 e. The van der Waals surface area contributed by atoms with Gasteiger partial charge in [-0.1, -0.05) is 31.0 Å². The first kappa shape index (κ1) is 20.3. The molecule has 0 amide bonds. The molecule has 5 rings (SSSR count). The SMILES string of the molecule is Cc1ccc2[nH]c(-c3cccc4c3ccn4CCCCC3CCN(C)CC3)nc2c1C. The molecule has 2 aromatic carbocycles. The molecule has 0 unspecified atom stereocenters. The molecule has 1 saturated heterocycles. The molecular weight excluding hydrogens is 380 g/mol. The number of fused-ring (bicyclic) bond motifs is 2. The number of rotatable bonds is 6. The number of H-pyrrole nitrogens is 1. The second-order valence-electron chi connectivity index (χ2n) is 9.48. The summed E-state index contributed by atoms with van der Waals surface area (Å²) in [6.07, 6.45) is 8.98. The average molecular weight is 415 g/mol. The van der Waals surface area contributed by atoms with E-state index in [1.165, 1.54) is 72.8 Å². The lowest BCUT2D eigenvalue weighted by Crippen LogP contribution is -2.30. The molecule has 2 aromatic heterocycles. The van der Waals surface area contributed by atoms with Crippen molar-refractivity contribution in [2.24, 2.45) is 5.92 Å². The number of aromatic nitrogens is 3. The van der Waals surface area contributed by atoms with Crippen LogP contribution in [0.15, 0.2) is 42.6 Å². The molecule has 0 spiro atoms. The summed E-state index contributed by atoms with van der Waals surface area (Å²) in [4.78, 5) is 11.0. The van der Waals surface area contributed by atoms with Crippen LogP contribution in [0.2, 0.25) is 0 Å². The van der Waals surface area contributed by atoms with E-state index >= 15 is 0 Å². The number of nitrogens with one attached hydrogen (secondary N) is 1. The van der Waals surface area contributed by atoms with Crippen LogP contribution in [0.1, 0.15) is 43.2 Å². The summed E-state index contributed by atoms with van der Waals surface area (Å²) in [5.41, 5.74) is 7.24. The van der Waals surface area contributed by atoms with Gasteiger partial charge in [-0.2, -0.15) is 0 Å². The predicted molar refractivity (Wildman–Crippen MR) is 131 cm³/mol. The Kier molecular flexibility index (Phi) is 5.58. The third-order valence-electron chi connectivity index (χ3n) is 7.35. The average Bonchev–Trinajstić information content (AvgIpc) is 3.40. The van der Waals surface area contributed by atoms with Crippen molar-refractivity contribution in [1.29, 1.82) is 0 Å². The number of benzene rings is 2. The molecule has 0 atom stereocenters. The number of likely N-dealkylation sites (tertiary alicyclic amines) is 1. The maximum Gasteiger partial charge on any atom is 0.139 e. The summed E-state index contributed by atoms with van der Waals surface area (Å²) in [5.74, 6) is 1.90. The highest BCUT2D eigenvalue weighted by molar-refractivity contribution is 5.95. The standard InChI is InChI=1S/C27H34N4/c1-19-10-11-24-26(20(19)2)29-27(28-24)23-8-6-9-25-22(23)14-18-31(25)15-5-4-7-21-12-16-30(3)17-13-21/h6,8-11,14,18,21H,4-5,7,12-13,15-17H2,1-3H3,(H,28,29). The van der Waals surface area contributed by atoms with Gasteiger partial charge >= 0.3 is 0 Å². The van der Waals surface area contributed by atoms with Crippen LogP contribution in [0.4, 0.5) is 0 Å². The van der Waals surface area contributed by atoms with Crippen LogP contribution >= 0.6 is 0 Å². The molecule has 4 aromatic rings. The van der Waals surface area contributed by atoms with E-state index in [0.29, 0.717) is 0 Å². The molecule has 1 N–H and O–H groups in total. The molecule has 0 aliphatic carbocycles. The summed E-state index contributed by atoms with van der Waals surface area (Å²) >= 11 is 0. The van der Waals surface area contributed by atoms with Gasteiger partial charge < -0.3 is 14.5 Å². The molecule has 0 bridgehead atoms. The van der Waals surface area contributed by atoms with Gasteiger partial charge in [-0.25, -0.2) is 4.98 Å².